The summed E-state index contributed by atoms with van der Waals surface area (Å²) in [5.74, 6) is 1.17. The molecule has 2 heterocycles. The van der Waals surface area contributed by atoms with Crippen LogP contribution < -0.4 is 0 Å². The molecule has 114 valence electrons. The van der Waals surface area contributed by atoms with Crippen LogP contribution in [-0.2, 0) is 11.2 Å². The van der Waals surface area contributed by atoms with Crippen LogP contribution in [0.1, 0.15) is 43.1 Å². The summed E-state index contributed by atoms with van der Waals surface area (Å²) in [5, 5.41) is 10.2. The predicted octanol–water partition coefficient (Wildman–Crippen LogP) is 2.78. The van der Waals surface area contributed by atoms with Crippen LogP contribution in [0.15, 0.2) is 24.3 Å². The van der Waals surface area contributed by atoms with Crippen LogP contribution in [0.5, 0.6) is 0 Å². The molecule has 21 heavy (non-hydrogen) atoms. The molecular weight excluding hydrogens is 282 g/mol. The minimum Gasteiger partial charge on any atom is -0.388 e. The zero-order valence-corrected chi connectivity index (χ0v) is 13.5. The highest BCUT2D eigenvalue weighted by Gasteiger charge is 2.41. The summed E-state index contributed by atoms with van der Waals surface area (Å²) in [6, 6.07) is 8.22. The van der Waals surface area contributed by atoms with Crippen LogP contribution >= 0.6 is 11.8 Å². The average molecular weight is 305 g/mol. The first kappa shape index (κ1) is 14.9. The molecule has 0 aliphatic carbocycles. The number of aliphatic hydroxyl groups is 1. The van der Waals surface area contributed by atoms with E-state index in [2.05, 4.69) is 12.1 Å². The quantitative estimate of drug-likeness (QED) is 0.913. The molecule has 2 unspecified atom stereocenters. The molecule has 1 saturated heterocycles. The van der Waals surface area contributed by atoms with Crippen molar-refractivity contribution in [3.8, 4) is 0 Å². The molecule has 1 aromatic carbocycles. The van der Waals surface area contributed by atoms with E-state index in [1.54, 1.807) is 11.8 Å². The topological polar surface area (TPSA) is 40.5 Å². The lowest BCUT2D eigenvalue weighted by molar-refractivity contribution is -0.136. The zero-order chi connectivity index (χ0) is 15.0. The number of likely N-dealkylation sites (tertiary alicyclic amines) is 1. The maximum atomic E-state index is 13.0. The molecule has 3 nitrogen and oxygen atoms in total. The summed E-state index contributed by atoms with van der Waals surface area (Å²) in [4.78, 5) is 14.9. The van der Waals surface area contributed by atoms with Crippen LogP contribution in [0.25, 0.3) is 0 Å². The van der Waals surface area contributed by atoms with E-state index in [9.17, 15) is 9.90 Å². The molecule has 1 amide bonds. The molecule has 1 fully saturated rings. The molecule has 0 bridgehead atoms. The maximum Gasteiger partial charge on any atom is 0.240 e. The van der Waals surface area contributed by atoms with Crippen LogP contribution in [0.2, 0.25) is 0 Å². The van der Waals surface area contributed by atoms with Gasteiger partial charge < -0.3 is 10.0 Å². The van der Waals surface area contributed by atoms with E-state index in [0.717, 1.165) is 31.6 Å². The summed E-state index contributed by atoms with van der Waals surface area (Å²) in [6.45, 7) is 4.39. The van der Waals surface area contributed by atoms with Crippen molar-refractivity contribution in [1.29, 1.82) is 0 Å². The van der Waals surface area contributed by atoms with E-state index in [1.165, 1.54) is 11.1 Å². The molecule has 2 aliphatic rings. The van der Waals surface area contributed by atoms with Gasteiger partial charge in [-0.2, -0.15) is 0 Å². The Hall–Kier alpha value is -1.00. The third kappa shape index (κ3) is 2.84. The lowest BCUT2D eigenvalue weighted by atomic mass is 9.95. The summed E-state index contributed by atoms with van der Waals surface area (Å²) in [5.41, 5.74) is 1.64. The van der Waals surface area contributed by atoms with E-state index in [1.807, 2.05) is 30.9 Å². The van der Waals surface area contributed by atoms with E-state index in [0.29, 0.717) is 0 Å². The molecule has 0 radical (unpaired) electrons. The summed E-state index contributed by atoms with van der Waals surface area (Å²) >= 11 is 1.74. The highest BCUT2D eigenvalue weighted by molar-refractivity contribution is 8.00. The van der Waals surface area contributed by atoms with Crippen LogP contribution in [0.4, 0.5) is 0 Å². The molecular formula is C17H23NO2S. The standard InChI is InChI=1S/C17H23NO2S/c1-17(2,20)14-8-5-10-18(14)16(19)15-13-7-4-3-6-12(13)9-11-21-15/h3-4,6-7,14-15,20H,5,8-11H2,1-2H3. The molecule has 1 N–H and O–H groups in total. The number of nitrogens with zero attached hydrogens (tertiary/aromatic N) is 1. The Balaban J connectivity index is 1.86. The number of amides is 1. The zero-order valence-electron chi connectivity index (χ0n) is 12.7. The monoisotopic (exact) mass is 305 g/mol. The Kier molecular flexibility index (Phi) is 4.02. The number of rotatable bonds is 2. The number of carbonyl (C=O) groups excluding carboxylic acids is 1. The summed E-state index contributed by atoms with van der Waals surface area (Å²) in [6.07, 6.45) is 2.92. The van der Waals surface area contributed by atoms with E-state index < -0.39 is 5.60 Å². The number of hydrogen-bond donors (Lipinski definition) is 1. The second kappa shape index (κ2) is 5.65. The maximum absolute atomic E-state index is 13.0. The largest absolute Gasteiger partial charge is 0.388 e. The fourth-order valence-electron chi connectivity index (χ4n) is 3.51. The smallest absolute Gasteiger partial charge is 0.240 e. The Bertz CT molecular complexity index is 538. The summed E-state index contributed by atoms with van der Waals surface area (Å²) < 4.78 is 0. The van der Waals surface area contributed by atoms with Gasteiger partial charge in [0.25, 0.3) is 0 Å². The first-order valence-corrected chi connectivity index (χ1v) is 8.75. The van der Waals surface area contributed by atoms with Crippen LogP contribution in [0.3, 0.4) is 0 Å². The van der Waals surface area contributed by atoms with Gasteiger partial charge in [-0.05, 0) is 50.0 Å². The Morgan fingerprint density at radius 2 is 2.14 bits per heavy atom. The number of hydrogen-bond acceptors (Lipinski definition) is 3. The number of thioether (sulfide) groups is 1. The van der Waals surface area contributed by atoms with E-state index >= 15 is 0 Å². The van der Waals surface area contributed by atoms with Gasteiger partial charge in [0, 0.05) is 6.54 Å². The molecule has 0 saturated carbocycles. The van der Waals surface area contributed by atoms with Crippen molar-refractivity contribution in [1.82, 2.24) is 4.90 Å². The van der Waals surface area contributed by atoms with Gasteiger partial charge in [-0.1, -0.05) is 24.3 Å². The second-order valence-corrected chi connectivity index (χ2v) is 7.76. The minimum absolute atomic E-state index is 0.0558. The molecule has 4 heteroatoms. The first-order chi connectivity index (χ1) is 9.98. The average Bonchev–Trinajstić information content (AvgIpc) is 2.95. The molecule has 3 rings (SSSR count). The van der Waals surface area contributed by atoms with Crippen LogP contribution in [0, 0.1) is 0 Å². The van der Waals surface area contributed by atoms with Gasteiger partial charge in [0.2, 0.25) is 5.91 Å². The second-order valence-electron chi connectivity index (χ2n) is 6.54. The van der Waals surface area contributed by atoms with Crippen molar-refractivity contribution in [3.05, 3.63) is 35.4 Å². The first-order valence-electron chi connectivity index (χ1n) is 7.71. The highest BCUT2D eigenvalue weighted by atomic mass is 32.2. The lowest BCUT2D eigenvalue weighted by Gasteiger charge is -2.36. The van der Waals surface area contributed by atoms with Gasteiger partial charge in [0.15, 0.2) is 0 Å². The van der Waals surface area contributed by atoms with Gasteiger partial charge in [0.1, 0.15) is 5.25 Å². The van der Waals surface area contributed by atoms with Crippen molar-refractivity contribution in [3.63, 3.8) is 0 Å². The minimum atomic E-state index is -0.828. The van der Waals surface area contributed by atoms with Crippen LogP contribution in [-0.4, -0.2) is 39.9 Å². The fourth-order valence-corrected chi connectivity index (χ4v) is 4.78. The predicted molar refractivity (Wildman–Crippen MR) is 86.4 cm³/mol. The molecule has 0 aromatic heterocycles. The van der Waals surface area contributed by atoms with Gasteiger partial charge in [-0.15, -0.1) is 11.8 Å². The van der Waals surface area contributed by atoms with Crippen molar-refractivity contribution in [2.24, 2.45) is 0 Å². The molecule has 1 aromatic rings. The van der Waals surface area contributed by atoms with Gasteiger partial charge in [-0.25, -0.2) is 0 Å². The Morgan fingerprint density at radius 1 is 1.38 bits per heavy atom. The van der Waals surface area contributed by atoms with Crippen molar-refractivity contribution >= 4 is 17.7 Å². The third-order valence-electron chi connectivity index (χ3n) is 4.57. The molecule has 2 atom stereocenters. The number of aryl methyl sites for hydroxylation is 1. The fraction of sp³-hybridized carbons (Fsp3) is 0.588. The third-order valence-corrected chi connectivity index (χ3v) is 5.80. The normalized spacial score (nSPS) is 25.8. The molecule has 2 aliphatic heterocycles. The highest BCUT2D eigenvalue weighted by Crippen LogP contribution is 2.40. The Labute approximate surface area is 130 Å². The number of fused-ring (bicyclic) bond motifs is 1. The summed E-state index contributed by atoms with van der Waals surface area (Å²) in [7, 11) is 0. The Morgan fingerprint density at radius 3 is 2.90 bits per heavy atom. The van der Waals surface area contributed by atoms with Gasteiger partial charge >= 0.3 is 0 Å². The van der Waals surface area contributed by atoms with Gasteiger partial charge in [0.05, 0.1) is 11.6 Å². The number of benzene rings is 1. The van der Waals surface area contributed by atoms with E-state index in [4.69, 9.17) is 0 Å². The van der Waals surface area contributed by atoms with Crippen molar-refractivity contribution in [2.45, 2.75) is 50.0 Å². The van der Waals surface area contributed by atoms with E-state index in [-0.39, 0.29) is 17.2 Å². The SMILES string of the molecule is CC(C)(O)C1CCCN1C(=O)C1SCCc2ccccc21. The number of carbonyl (C=O) groups is 1. The lowest BCUT2D eigenvalue weighted by Crippen LogP contribution is -2.49. The van der Waals surface area contributed by atoms with Crippen molar-refractivity contribution in [2.75, 3.05) is 12.3 Å². The van der Waals surface area contributed by atoms with Crippen molar-refractivity contribution < 1.29 is 9.90 Å². The van der Waals surface area contributed by atoms with Gasteiger partial charge in [-0.3, -0.25) is 4.79 Å². The molecule has 0 spiro atoms.